The third-order valence-electron chi connectivity index (χ3n) is 3.17. The summed E-state index contributed by atoms with van der Waals surface area (Å²) in [6.45, 7) is 2.10. The zero-order chi connectivity index (χ0) is 14.8. The second-order valence-corrected chi connectivity index (χ2v) is 4.94. The van der Waals surface area contributed by atoms with E-state index in [4.69, 9.17) is 16.3 Å². The monoisotopic (exact) mass is 300 g/mol. The fourth-order valence-electron chi connectivity index (χ4n) is 2.27. The smallest absolute Gasteiger partial charge is 0.355 e. The largest absolute Gasteiger partial charge is 0.461 e. The van der Waals surface area contributed by atoms with Crippen molar-refractivity contribution in [3.8, 4) is 11.1 Å². The first-order valence-corrected chi connectivity index (χ1v) is 6.98. The molecule has 21 heavy (non-hydrogen) atoms. The van der Waals surface area contributed by atoms with Gasteiger partial charge < -0.3 is 9.72 Å². The Hall–Kier alpha value is -2.33. The molecule has 0 atom stereocenters. The molecule has 0 radical (unpaired) electrons. The lowest BCUT2D eigenvalue weighted by atomic mass is 10.0. The average molecular weight is 301 g/mol. The number of nitrogens with zero attached hydrogens (tertiary/aromatic N) is 1. The van der Waals surface area contributed by atoms with Crippen LogP contribution in [0.15, 0.2) is 42.6 Å². The summed E-state index contributed by atoms with van der Waals surface area (Å²) < 4.78 is 5.12. The van der Waals surface area contributed by atoms with Crippen molar-refractivity contribution in [3.63, 3.8) is 0 Å². The number of carbonyl (C=O) groups is 1. The first-order chi connectivity index (χ1) is 10.2. The summed E-state index contributed by atoms with van der Waals surface area (Å²) in [5, 5.41) is 0.643. The molecule has 3 aromatic rings. The van der Waals surface area contributed by atoms with Crippen LogP contribution in [0.4, 0.5) is 0 Å². The van der Waals surface area contributed by atoms with Crippen LogP contribution in [-0.4, -0.2) is 22.5 Å². The number of fused-ring (bicyclic) bond motifs is 1. The Kier molecular flexibility index (Phi) is 3.62. The number of nitrogens with one attached hydrogen (secondary N) is 1. The number of halogens is 1. The van der Waals surface area contributed by atoms with E-state index in [1.54, 1.807) is 25.3 Å². The van der Waals surface area contributed by atoms with Crippen LogP contribution in [-0.2, 0) is 4.74 Å². The molecule has 106 valence electrons. The number of aromatic nitrogens is 2. The molecule has 2 aromatic heterocycles. The maximum absolute atomic E-state index is 12.2. The lowest BCUT2D eigenvalue weighted by Gasteiger charge is -2.04. The molecule has 0 bridgehead atoms. The molecule has 0 spiro atoms. The van der Waals surface area contributed by atoms with Gasteiger partial charge in [0.25, 0.3) is 0 Å². The summed E-state index contributed by atoms with van der Waals surface area (Å²) in [6.07, 6.45) is 1.70. The number of H-pyrrole nitrogens is 1. The topological polar surface area (TPSA) is 55.0 Å². The highest BCUT2D eigenvalue weighted by Crippen LogP contribution is 2.32. The molecule has 0 saturated heterocycles. The van der Waals surface area contributed by atoms with E-state index in [0.717, 1.165) is 22.2 Å². The van der Waals surface area contributed by atoms with E-state index in [9.17, 15) is 4.79 Å². The molecule has 0 aliphatic heterocycles. The summed E-state index contributed by atoms with van der Waals surface area (Å²) in [4.78, 5) is 19.6. The maximum Gasteiger partial charge on any atom is 0.355 e. The van der Waals surface area contributed by atoms with Gasteiger partial charge in [0.15, 0.2) is 0 Å². The molecule has 0 aliphatic carbocycles. The highest BCUT2D eigenvalue weighted by molar-refractivity contribution is 6.30. The van der Waals surface area contributed by atoms with E-state index < -0.39 is 0 Å². The van der Waals surface area contributed by atoms with Gasteiger partial charge >= 0.3 is 5.97 Å². The van der Waals surface area contributed by atoms with Crippen LogP contribution in [0.2, 0.25) is 5.02 Å². The summed E-state index contributed by atoms with van der Waals surface area (Å²) in [5.74, 6) is -0.388. The van der Waals surface area contributed by atoms with Crippen molar-refractivity contribution in [2.45, 2.75) is 6.92 Å². The molecule has 1 aromatic carbocycles. The third kappa shape index (κ3) is 2.50. The normalized spacial score (nSPS) is 10.8. The number of esters is 1. The quantitative estimate of drug-likeness (QED) is 0.742. The van der Waals surface area contributed by atoms with Crippen LogP contribution in [0.25, 0.3) is 22.2 Å². The van der Waals surface area contributed by atoms with Gasteiger partial charge in [-0.25, -0.2) is 4.79 Å². The van der Waals surface area contributed by atoms with Crippen molar-refractivity contribution in [3.05, 3.63) is 53.3 Å². The van der Waals surface area contributed by atoms with Gasteiger partial charge in [0, 0.05) is 16.8 Å². The minimum atomic E-state index is -0.388. The van der Waals surface area contributed by atoms with Crippen LogP contribution < -0.4 is 0 Å². The number of rotatable bonds is 3. The van der Waals surface area contributed by atoms with Crippen LogP contribution in [0.1, 0.15) is 17.4 Å². The molecule has 5 heteroatoms. The number of hydrogen-bond acceptors (Lipinski definition) is 3. The fourth-order valence-corrected chi connectivity index (χ4v) is 2.40. The van der Waals surface area contributed by atoms with Crippen molar-refractivity contribution < 1.29 is 9.53 Å². The van der Waals surface area contributed by atoms with E-state index in [0.29, 0.717) is 17.3 Å². The van der Waals surface area contributed by atoms with Gasteiger partial charge in [-0.15, -0.1) is 0 Å². The van der Waals surface area contributed by atoms with Gasteiger partial charge in [-0.2, -0.15) is 0 Å². The highest BCUT2D eigenvalue weighted by atomic mass is 35.5. The maximum atomic E-state index is 12.2. The molecule has 0 unspecified atom stereocenters. The van der Waals surface area contributed by atoms with Gasteiger partial charge in [-0.1, -0.05) is 23.7 Å². The lowest BCUT2D eigenvalue weighted by Crippen LogP contribution is -2.06. The molecule has 1 N–H and O–H groups in total. The van der Waals surface area contributed by atoms with Crippen molar-refractivity contribution in [2.75, 3.05) is 6.61 Å². The van der Waals surface area contributed by atoms with Gasteiger partial charge in [-0.3, -0.25) is 4.98 Å². The zero-order valence-corrected chi connectivity index (χ0v) is 12.1. The highest BCUT2D eigenvalue weighted by Gasteiger charge is 2.20. The second kappa shape index (κ2) is 5.58. The fraction of sp³-hybridized carbons (Fsp3) is 0.125. The Morgan fingerprint density at radius 3 is 2.76 bits per heavy atom. The lowest BCUT2D eigenvalue weighted by molar-refractivity contribution is 0.0521. The standard InChI is InChI=1S/C16H13ClN2O2/c1-2-21-16(20)15-13(10-5-7-11(17)8-6-10)14-12(19-15)4-3-9-18-14/h3-9,19H,2H2,1H3. The summed E-state index contributed by atoms with van der Waals surface area (Å²) in [6, 6.07) is 11.0. The van der Waals surface area contributed by atoms with E-state index in [1.165, 1.54) is 0 Å². The molecule has 3 rings (SSSR count). The van der Waals surface area contributed by atoms with E-state index >= 15 is 0 Å². The van der Waals surface area contributed by atoms with Crippen LogP contribution in [0, 0.1) is 0 Å². The van der Waals surface area contributed by atoms with E-state index in [-0.39, 0.29) is 5.97 Å². The van der Waals surface area contributed by atoms with Crippen molar-refractivity contribution in [1.82, 2.24) is 9.97 Å². The van der Waals surface area contributed by atoms with E-state index in [2.05, 4.69) is 9.97 Å². The number of hydrogen-bond donors (Lipinski definition) is 1. The SMILES string of the molecule is CCOC(=O)c1[nH]c2cccnc2c1-c1ccc(Cl)cc1. The minimum Gasteiger partial charge on any atom is -0.461 e. The van der Waals surface area contributed by atoms with Crippen molar-refractivity contribution in [1.29, 1.82) is 0 Å². The van der Waals surface area contributed by atoms with Crippen molar-refractivity contribution >= 4 is 28.6 Å². The third-order valence-corrected chi connectivity index (χ3v) is 3.42. The van der Waals surface area contributed by atoms with Gasteiger partial charge in [0.2, 0.25) is 0 Å². The number of aromatic amines is 1. The van der Waals surface area contributed by atoms with Gasteiger partial charge in [0.1, 0.15) is 5.69 Å². The van der Waals surface area contributed by atoms with Crippen LogP contribution in [0.5, 0.6) is 0 Å². The summed E-state index contributed by atoms with van der Waals surface area (Å²) >= 11 is 5.93. The number of pyridine rings is 1. The van der Waals surface area contributed by atoms with Crippen molar-refractivity contribution in [2.24, 2.45) is 0 Å². The summed E-state index contributed by atoms with van der Waals surface area (Å²) in [5.41, 5.74) is 3.55. The second-order valence-electron chi connectivity index (χ2n) is 4.50. The Bertz CT molecular complexity index is 794. The number of benzene rings is 1. The predicted octanol–water partition coefficient (Wildman–Crippen LogP) is 4.06. The molecular weight excluding hydrogens is 288 g/mol. The van der Waals surface area contributed by atoms with E-state index in [1.807, 2.05) is 24.3 Å². The Labute approximate surface area is 126 Å². The molecule has 0 amide bonds. The Balaban J connectivity index is 2.24. The molecule has 0 fully saturated rings. The first-order valence-electron chi connectivity index (χ1n) is 6.60. The van der Waals surface area contributed by atoms with Crippen LogP contribution >= 0.6 is 11.6 Å². The van der Waals surface area contributed by atoms with Gasteiger partial charge in [-0.05, 0) is 36.8 Å². The number of carbonyl (C=O) groups excluding carboxylic acids is 1. The molecular formula is C16H13ClN2O2. The minimum absolute atomic E-state index is 0.321. The first kappa shape index (κ1) is 13.6. The zero-order valence-electron chi connectivity index (χ0n) is 11.4. The predicted molar refractivity (Wildman–Crippen MR) is 82.5 cm³/mol. The Morgan fingerprint density at radius 2 is 2.05 bits per heavy atom. The van der Waals surface area contributed by atoms with Crippen LogP contribution in [0.3, 0.4) is 0 Å². The molecule has 2 heterocycles. The van der Waals surface area contributed by atoms with Gasteiger partial charge in [0.05, 0.1) is 17.6 Å². The molecule has 0 saturated carbocycles. The average Bonchev–Trinajstić information content (AvgIpc) is 2.88. The molecule has 4 nitrogen and oxygen atoms in total. The Morgan fingerprint density at radius 1 is 1.29 bits per heavy atom. The molecule has 0 aliphatic rings. The summed E-state index contributed by atoms with van der Waals surface area (Å²) in [7, 11) is 0. The number of ether oxygens (including phenoxy) is 1.